The Kier molecular flexibility index (Phi) is 4.23. The zero-order valence-electron chi connectivity index (χ0n) is 10.7. The van der Waals surface area contributed by atoms with E-state index in [2.05, 4.69) is 15.5 Å². The van der Waals surface area contributed by atoms with Gasteiger partial charge in [-0.25, -0.2) is 0 Å². The number of aromatic nitrogens is 2. The highest BCUT2D eigenvalue weighted by Gasteiger charge is 2.21. The van der Waals surface area contributed by atoms with Crippen molar-refractivity contribution >= 4 is 11.3 Å². The van der Waals surface area contributed by atoms with Crippen molar-refractivity contribution in [3.8, 4) is 0 Å². The normalized spacial score (nSPS) is 24.3. The van der Waals surface area contributed by atoms with Gasteiger partial charge in [0.05, 0.1) is 6.10 Å². The fourth-order valence-corrected chi connectivity index (χ4v) is 3.11. The summed E-state index contributed by atoms with van der Waals surface area (Å²) in [5.41, 5.74) is 0. The monoisotopic (exact) mass is 267 g/mol. The van der Waals surface area contributed by atoms with Crippen LogP contribution in [0.4, 0.5) is 0 Å². The second-order valence-electron chi connectivity index (χ2n) is 5.27. The van der Waals surface area contributed by atoms with Gasteiger partial charge >= 0.3 is 0 Å². The van der Waals surface area contributed by atoms with E-state index in [-0.39, 0.29) is 0 Å². The quantitative estimate of drug-likeness (QED) is 0.859. The molecule has 18 heavy (non-hydrogen) atoms. The van der Waals surface area contributed by atoms with E-state index in [9.17, 15) is 0 Å². The molecule has 0 spiro atoms. The molecule has 0 radical (unpaired) electrons. The molecule has 1 saturated carbocycles. The van der Waals surface area contributed by atoms with Crippen LogP contribution in [0.1, 0.15) is 48.5 Å². The molecule has 0 bridgehead atoms. The van der Waals surface area contributed by atoms with Gasteiger partial charge in [0.15, 0.2) is 0 Å². The van der Waals surface area contributed by atoms with Crippen molar-refractivity contribution in [2.45, 2.75) is 63.6 Å². The van der Waals surface area contributed by atoms with Crippen LogP contribution in [0.25, 0.3) is 0 Å². The van der Waals surface area contributed by atoms with E-state index >= 15 is 0 Å². The van der Waals surface area contributed by atoms with E-state index in [1.807, 2.05) is 0 Å². The van der Waals surface area contributed by atoms with Crippen molar-refractivity contribution < 1.29 is 4.74 Å². The highest BCUT2D eigenvalue weighted by atomic mass is 32.1. The van der Waals surface area contributed by atoms with Gasteiger partial charge in [-0.3, -0.25) is 0 Å². The first-order valence-corrected chi connectivity index (χ1v) is 7.88. The highest BCUT2D eigenvalue weighted by molar-refractivity contribution is 7.11. The second-order valence-corrected chi connectivity index (χ2v) is 6.42. The van der Waals surface area contributed by atoms with Gasteiger partial charge in [-0.1, -0.05) is 0 Å². The van der Waals surface area contributed by atoms with E-state index in [4.69, 9.17) is 4.74 Å². The number of aryl methyl sites for hydroxylation is 1. The van der Waals surface area contributed by atoms with Gasteiger partial charge < -0.3 is 10.1 Å². The first-order valence-electron chi connectivity index (χ1n) is 7.06. The number of nitrogens with one attached hydrogen (secondary N) is 1. The molecule has 0 amide bonds. The summed E-state index contributed by atoms with van der Waals surface area (Å²) in [5, 5.41) is 14.3. The lowest BCUT2D eigenvalue weighted by molar-refractivity contribution is 0.0115. The van der Waals surface area contributed by atoms with Gasteiger partial charge in [0.1, 0.15) is 10.0 Å². The van der Waals surface area contributed by atoms with Crippen LogP contribution in [0.5, 0.6) is 0 Å². The summed E-state index contributed by atoms with van der Waals surface area (Å²) < 4.78 is 5.74. The number of nitrogens with zero attached hydrogens (tertiary/aromatic N) is 2. The molecular formula is C13H21N3OS. The average Bonchev–Trinajstić information content (AvgIpc) is 3.14. The molecule has 2 aliphatic rings. The van der Waals surface area contributed by atoms with Gasteiger partial charge in [0, 0.05) is 25.6 Å². The van der Waals surface area contributed by atoms with Gasteiger partial charge in [-0.15, -0.1) is 21.5 Å². The van der Waals surface area contributed by atoms with E-state index in [0.717, 1.165) is 42.1 Å². The van der Waals surface area contributed by atoms with E-state index in [1.54, 1.807) is 11.3 Å². The minimum Gasteiger partial charge on any atom is -0.378 e. The third kappa shape index (κ3) is 3.73. The zero-order valence-corrected chi connectivity index (χ0v) is 11.5. The summed E-state index contributed by atoms with van der Waals surface area (Å²) in [7, 11) is 0. The standard InChI is InChI=1S/C13H21N3OS/c1-2-8-17-11(3-1)6-7-12-15-16-13(18-12)9-14-10-4-5-10/h10-11,14H,1-9H2. The van der Waals surface area contributed by atoms with Gasteiger partial charge in [-0.2, -0.15) is 0 Å². The van der Waals surface area contributed by atoms with Crippen LogP contribution in [0.2, 0.25) is 0 Å². The molecule has 3 rings (SSSR count). The lowest BCUT2D eigenvalue weighted by Gasteiger charge is -2.21. The minimum absolute atomic E-state index is 0.454. The largest absolute Gasteiger partial charge is 0.378 e. The third-order valence-corrected chi connectivity index (χ3v) is 4.57. The lowest BCUT2D eigenvalue weighted by atomic mass is 10.1. The maximum absolute atomic E-state index is 5.74. The minimum atomic E-state index is 0.454. The average molecular weight is 267 g/mol. The summed E-state index contributed by atoms with van der Waals surface area (Å²) in [6.07, 6.45) is 8.99. The van der Waals surface area contributed by atoms with Crippen molar-refractivity contribution in [1.29, 1.82) is 0 Å². The Bertz CT molecular complexity index is 372. The maximum atomic E-state index is 5.74. The molecule has 100 valence electrons. The number of hydrogen-bond donors (Lipinski definition) is 1. The lowest BCUT2D eigenvalue weighted by Crippen LogP contribution is -2.19. The summed E-state index contributed by atoms with van der Waals surface area (Å²) in [6, 6.07) is 0.744. The van der Waals surface area contributed by atoms with Crippen molar-refractivity contribution in [2.75, 3.05) is 6.61 Å². The van der Waals surface area contributed by atoms with E-state index in [1.165, 1.54) is 32.1 Å². The first kappa shape index (κ1) is 12.5. The summed E-state index contributed by atoms with van der Waals surface area (Å²) >= 11 is 1.75. The second kappa shape index (κ2) is 6.08. The number of ether oxygens (including phenoxy) is 1. The molecule has 1 aliphatic heterocycles. The fraction of sp³-hybridized carbons (Fsp3) is 0.846. The SMILES string of the molecule is C1CCC(CCc2nnc(CNC3CC3)s2)OC1. The van der Waals surface area contributed by atoms with Crippen LogP contribution >= 0.6 is 11.3 Å². The Hall–Kier alpha value is -0.520. The molecule has 1 unspecified atom stereocenters. The molecular weight excluding hydrogens is 246 g/mol. The van der Waals surface area contributed by atoms with Crippen molar-refractivity contribution in [3.05, 3.63) is 10.0 Å². The van der Waals surface area contributed by atoms with Gasteiger partial charge in [0.2, 0.25) is 0 Å². The predicted octanol–water partition coefficient (Wildman–Crippen LogP) is 2.29. The van der Waals surface area contributed by atoms with Gasteiger partial charge in [0.25, 0.3) is 0 Å². The molecule has 2 fully saturated rings. The Labute approximate surface area is 112 Å². The molecule has 4 nitrogen and oxygen atoms in total. The van der Waals surface area contributed by atoms with Crippen LogP contribution in [-0.4, -0.2) is 29.0 Å². The van der Waals surface area contributed by atoms with Crippen LogP contribution in [0.15, 0.2) is 0 Å². The summed E-state index contributed by atoms with van der Waals surface area (Å²) in [4.78, 5) is 0. The molecule has 5 heteroatoms. The Morgan fingerprint density at radius 1 is 1.17 bits per heavy atom. The molecule has 1 aromatic heterocycles. The molecule has 1 N–H and O–H groups in total. The molecule has 1 saturated heterocycles. The van der Waals surface area contributed by atoms with E-state index < -0.39 is 0 Å². The zero-order chi connectivity index (χ0) is 12.2. The van der Waals surface area contributed by atoms with Crippen LogP contribution in [0, 0.1) is 0 Å². The predicted molar refractivity (Wildman–Crippen MR) is 71.7 cm³/mol. The molecule has 2 heterocycles. The summed E-state index contributed by atoms with van der Waals surface area (Å²) in [5.74, 6) is 0. The van der Waals surface area contributed by atoms with Crippen molar-refractivity contribution in [3.63, 3.8) is 0 Å². The van der Waals surface area contributed by atoms with Crippen molar-refractivity contribution in [2.24, 2.45) is 0 Å². The van der Waals surface area contributed by atoms with Crippen molar-refractivity contribution in [1.82, 2.24) is 15.5 Å². The fourth-order valence-electron chi connectivity index (χ4n) is 2.30. The Morgan fingerprint density at radius 2 is 2.06 bits per heavy atom. The van der Waals surface area contributed by atoms with E-state index in [0.29, 0.717) is 6.10 Å². The van der Waals surface area contributed by atoms with Crippen LogP contribution in [0.3, 0.4) is 0 Å². The molecule has 1 atom stereocenters. The molecule has 0 aromatic carbocycles. The maximum Gasteiger partial charge on any atom is 0.131 e. The molecule has 1 aromatic rings. The molecule has 1 aliphatic carbocycles. The summed E-state index contributed by atoms with van der Waals surface area (Å²) in [6.45, 7) is 1.83. The first-order chi connectivity index (χ1) is 8.90. The van der Waals surface area contributed by atoms with Crippen LogP contribution in [-0.2, 0) is 17.7 Å². The van der Waals surface area contributed by atoms with Gasteiger partial charge in [-0.05, 0) is 38.5 Å². The Morgan fingerprint density at radius 3 is 2.83 bits per heavy atom. The smallest absolute Gasteiger partial charge is 0.131 e. The third-order valence-electron chi connectivity index (χ3n) is 3.58. The van der Waals surface area contributed by atoms with Crippen LogP contribution < -0.4 is 5.32 Å². The number of rotatable bonds is 6. The number of hydrogen-bond acceptors (Lipinski definition) is 5. The Balaban J connectivity index is 1.41. The topological polar surface area (TPSA) is 47.0 Å². The highest BCUT2D eigenvalue weighted by Crippen LogP contribution is 2.21.